The van der Waals surface area contributed by atoms with E-state index < -0.39 is 0 Å². The molecule has 4 aromatic carbocycles. The molecule has 0 aliphatic heterocycles. The van der Waals surface area contributed by atoms with Crippen LogP contribution in [0, 0.1) is 0 Å². The molecule has 1 aliphatic carbocycles. The van der Waals surface area contributed by atoms with Crippen LogP contribution < -0.4 is 0 Å². The van der Waals surface area contributed by atoms with Crippen molar-refractivity contribution in [2.24, 2.45) is 0 Å². The van der Waals surface area contributed by atoms with E-state index in [4.69, 9.17) is 0 Å². The van der Waals surface area contributed by atoms with Crippen molar-refractivity contribution in [3.05, 3.63) is 121 Å². The summed E-state index contributed by atoms with van der Waals surface area (Å²) in [6.07, 6.45) is 8.87. The molecule has 0 saturated carbocycles. The first kappa shape index (κ1) is 19.2. The average molecular weight is 437 g/mol. The number of hydrogen-bond donors (Lipinski definition) is 1. The molecule has 2 aromatic heterocycles. The van der Waals surface area contributed by atoms with Gasteiger partial charge in [-0.2, -0.15) is 0 Å². The van der Waals surface area contributed by atoms with Crippen molar-refractivity contribution in [1.29, 1.82) is 0 Å². The minimum Gasteiger partial charge on any atom is -0.353 e. The molecule has 1 N–H and O–H groups in total. The largest absolute Gasteiger partial charge is 0.353 e. The number of aromatic amines is 1. The SMILES string of the molecule is C1=CCCC(c2c(-c3ccccc3)c3ccc4c5ccccc5[nH]c4c3n2-c2ccccc2)=C1. The lowest BCUT2D eigenvalue weighted by atomic mass is 9.94. The van der Waals surface area contributed by atoms with Gasteiger partial charge in [0.05, 0.1) is 16.7 Å². The van der Waals surface area contributed by atoms with Crippen LogP contribution >= 0.6 is 0 Å². The maximum absolute atomic E-state index is 3.77. The summed E-state index contributed by atoms with van der Waals surface area (Å²) in [6.45, 7) is 0. The van der Waals surface area contributed by atoms with E-state index in [0.29, 0.717) is 0 Å². The van der Waals surface area contributed by atoms with Gasteiger partial charge >= 0.3 is 0 Å². The Labute approximate surface area is 198 Å². The molecule has 6 aromatic rings. The van der Waals surface area contributed by atoms with E-state index in [1.807, 2.05) is 0 Å². The second kappa shape index (κ2) is 7.64. The minimum atomic E-state index is 1.04. The predicted octanol–water partition coefficient (Wildman–Crippen LogP) is 8.67. The standard InChI is InChI=1S/C32H24N2/c1-4-12-22(13-5-1)29-27-21-20-26-25-18-10-11-19-28(25)33-30(26)32(27)34(24-16-8-3-9-17-24)31(29)23-14-6-2-7-15-23/h1-6,8-14,16-21,33H,7,15H2. The van der Waals surface area contributed by atoms with Crippen LogP contribution in [0.25, 0.3) is 55.1 Å². The van der Waals surface area contributed by atoms with E-state index >= 15 is 0 Å². The monoisotopic (exact) mass is 436 g/mol. The molecule has 0 bridgehead atoms. The van der Waals surface area contributed by atoms with Gasteiger partial charge in [0.1, 0.15) is 0 Å². The molecule has 2 nitrogen and oxygen atoms in total. The molecule has 2 heterocycles. The van der Waals surface area contributed by atoms with Crippen molar-refractivity contribution in [3.8, 4) is 16.8 Å². The second-order valence-electron chi connectivity index (χ2n) is 8.97. The van der Waals surface area contributed by atoms with Crippen LogP contribution in [0.2, 0.25) is 0 Å². The summed E-state index contributed by atoms with van der Waals surface area (Å²) in [7, 11) is 0. The Balaban J connectivity index is 1.73. The molecule has 7 rings (SSSR count). The molecule has 1 aliphatic rings. The maximum atomic E-state index is 3.77. The summed E-state index contributed by atoms with van der Waals surface area (Å²) in [5, 5.41) is 3.81. The number of H-pyrrole nitrogens is 1. The van der Waals surface area contributed by atoms with Crippen molar-refractivity contribution in [3.63, 3.8) is 0 Å². The van der Waals surface area contributed by atoms with Gasteiger partial charge in [-0.15, -0.1) is 0 Å². The van der Waals surface area contributed by atoms with Crippen LogP contribution in [0.4, 0.5) is 0 Å². The van der Waals surface area contributed by atoms with Gasteiger partial charge in [-0.25, -0.2) is 0 Å². The molecule has 0 amide bonds. The third-order valence-electron chi connectivity index (χ3n) is 7.00. The molecule has 34 heavy (non-hydrogen) atoms. The smallest absolute Gasteiger partial charge is 0.0783 e. The Kier molecular flexibility index (Phi) is 4.31. The lowest BCUT2D eigenvalue weighted by molar-refractivity contribution is 1.01. The fourth-order valence-electron chi connectivity index (χ4n) is 5.53. The summed E-state index contributed by atoms with van der Waals surface area (Å²) < 4.78 is 2.49. The van der Waals surface area contributed by atoms with Gasteiger partial charge in [-0.05, 0) is 42.2 Å². The molecule has 0 radical (unpaired) electrons. The molecular weight excluding hydrogens is 412 g/mol. The second-order valence-corrected chi connectivity index (χ2v) is 8.97. The Bertz CT molecular complexity index is 1730. The molecule has 2 heteroatoms. The van der Waals surface area contributed by atoms with E-state index in [-0.39, 0.29) is 0 Å². The number of fused-ring (bicyclic) bond motifs is 5. The van der Waals surface area contributed by atoms with E-state index in [1.54, 1.807) is 0 Å². The summed E-state index contributed by atoms with van der Waals surface area (Å²) in [5.74, 6) is 0. The van der Waals surface area contributed by atoms with Crippen LogP contribution in [0.15, 0.2) is 115 Å². The van der Waals surface area contributed by atoms with Crippen molar-refractivity contribution in [1.82, 2.24) is 9.55 Å². The fraction of sp³-hybridized carbons (Fsp3) is 0.0625. The first-order valence-electron chi connectivity index (χ1n) is 11.9. The maximum Gasteiger partial charge on any atom is 0.0783 e. The number of aromatic nitrogens is 2. The van der Waals surface area contributed by atoms with Gasteiger partial charge in [0.25, 0.3) is 0 Å². The Morgan fingerprint density at radius 1 is 0.676 bits per heavy atom. The number of allylic oxidation sites excluding steroid dienone is 4. The number of para-hydroxylation sites is 2. The normalized spacial score (nSPS) is 13.7. The third kappa shape index (κ3) is 2.82. The lowest BCUT2D eigenvalue weighted by Crippen LogP contribution is -2.02. The van der Waals surface area contributed by atoms with Crippen molar-refractivity contribution in [2.75, 3.05) is 0 Å². The van der Waals surface area contributed by atoms with Crippen LogP contribution in [0.5, 0.6) is 0 Å². The first-order chi connectivity index (χ1) is 16.9. The van der Waals surface area contributed by atoms with Gasteiger partial charge in [0.15, 0.2) is 0 Å². The Hall–Kier alpha value is -4.30. The molecule has 0 unspecified atom stereocenters. The molecule has 0 saturated heterocycles. The molecular formula is C32H24N2. The predicted molar refractivity (Wildman–Crippen MR) is 144 cm³/mol. The average Bonchev–Trinajstić information content (AvgIpc) is 3.46. The highest BCUT2D eigenvalue weighted by atomic mass is 15.0. The van der Waals surface area contributed by atoms with E-state index in [0.717, 1.165) is 12.8 Å². The number of hydrogen-bond acceptors (Lipinski definition) is 0. The fourth-order valence-corrected chi connectivity index (χ4v) is 5.53. The van der Waals surface area contributed by atoms with E-state index in [1.165, 1.54) is 60.8 Å². The van der Waals surface area contributed by atoms with Gasteiger partial charge in [0, 0.05) is 32.9 Å². The molecule has 0 atom stereocenters. The van der Waals surface area contributed by atoms with Crippen LogP contribution in [0.1, 0.15) is 18.5 Å². The van der Waals surface area contributed by atoms with Gasteiger partial charge < -0.3 is 9.55 Å². The van der Waals surface area contributed by atoms with Crippen molar-refractivity contribution in [2.45, 2.75) is 12.8 Å². The van der Waals surface area contributed by atoms with Gasteiger partial charge in [-0.3, -0.25) is 0 Å². The molecule has 0 spiro atoms. The first-order valence-corrected chi connectivity index (χ1v) is 11.9. The van der Waals surface area contributed by atoms with Crippen LogP contribution in [-0.4, -0.2) is 9.55 Å². The summed E-state index contributed by atoms with van der Waals surface area (Å²) in [5.41, 5.74) is 10.0. The quantitative estimate of drug-likeness (QED) is 0.286. The van der Waals surface area contributed by atoms with E-state index in [9.17, 15) is 0 Å². The van der Waals surface area contributed by atoms with Gasteiger partial charge in [0.2, 0.25) is 0 Å². The number of nitrogens with one attached hydrogen (secondary N) is 1. The zero-order valence-electron chi connectivity index (χ0n) is 18.8. The number of benzene rings is 4. The number of nitrogens with zero attached hydrogens (tertiary/aromatic N) is 1. The molecule has 0 fully saturated rings. The molecule has 162 valence electrons. The Morgan fingerprint density at radius 3 is 2.21 bits per heavy atom. The summed E-state index contributed by atoms with van der Waals surface area (Å²) in [6, 6.07) is 34.9. The Morgan fingerprint density at radius 2 is 1.41 bits per heavy atom. The van der Waals surface area contributed by atoms with E-state index in [2.05, 4.69) is 125 Å². The number of rotatable bonds is 3. The summed E-state index contributed by atoms with van der Waals surface area (Å²) >= 11 is 0. The minimum absolute atomic E-state index is 1.04. The lowest BCUT2D eigenvalue weighted by Gasteiger charge is -2.17. The van der Waals surface area contributed by atoms with Crippen molar-refractivity contribution < 1.29 is 0 Å². The highest BCUT2D eigenvalue weighted by Crippen LogP contribution is 2.45. The highest BCUT2D eigenvalue weighted by Gasteiger charge is 2.25. The van der Waals surface area contributed by atoms with Gasteiger partial charge in [-0.1, -0.05) is 97.1 Å². The van der Waals surface area contributed by atoms with Crippen molar-refractivity contribution >= 4 is 38.3 Å². The highest BCUT2D eigenvalue weighted by molar-refractivity contribution is 6.20. The zero-order valence-corrected chi connectivity index (χ0v) is 18.8. The van der Waals surface area contributed by atoms with Crippen LogP contribution in [-0.2, 0) is 0 Å². The topological polar surface area (TPSA) is 20.7 Å². The summed E-state index contributed by atoms with van der Waals surface area (Å²) in [4.78, 5) is 3.77. The van der Waals surface area contributed by atoms with Crippen LogP contribution in [0.3, 0.4) is 0 Å². The zero-order chi connectivity index (χ0) is 22.5. The third-order valence-corrected chi connectivity index (χ3v) is 7.00.